The van der Waals surface area contributed by atoms with Crippen LogP contribution in [0.15, 0.2) is 53.6 Å². The summed E-state index contributed by atoms with van der Waals surface area (Å²) in [6.45, 7) is 0. The summed E-state index contributed by atoms with van der Waals surface area (Å²) in [6.07, 6.45) is -3.06. The summed E-state index contributed by atoms with van der Waals surface area (Å²) in [5.74, 6) is -0.628. The monoisotopic (exact) mass is 516 g/mol. The Kier molecular flexibility index (Phi) is 5.04. The highest BCUT2D eigenvalue weighted by Crippen LogP contribution is 2.40. The number of hydrogen-bond acceptors (Lipinski definition) is 6. The number of fused-ring (bicyclic) bond motifs is 4. The van der Waals surface area contributed by atoms with Crippen LogP contribution >= 0.6 is 0 Å². The fourth-order valence-corrected chi connectivity index (χ4v) is 4.56. The Morgan fingerprint density at radius 2 is 1.86 bits per heavy atom. The van der Waals surface area contributed by atoms with Gasteiger partial charge in [-0.15, -0.1) is 0 Å². The van der Waals surface area contributed by atoms with Crippen molar-refractivity contribution in [2.75, 3.05) is 0 Å². The van der Waals surface area contributed by atoms with Gasteiger partial charge in [0.25, 0.3) is 0 Å². The number of halogens is 4. The van der Waals surface area contributed by atoms with Gasteiger partial charge in [0, 0.05) is 35.1 Å². The normalized spacial score (nSPS) is 12.3. The summed E-state index contributed by atoms with van der Waals surface area (Å²) in [5.41, 5.74) is -1.22. The summed E-state index contributed by atoms with van der Waals surface area (Å²) < 4.78 is 82.5. The number of nitriles is 1. The van der Waals surface area contributed by atoms with Crippen LogP contribution in [0.25, 0.3) is 44.0 Å². The number of hydrogen-bond donors (Lipinski definition) is 1. The molecule has 1 N–H and O–H groups in total. The molecular formula is C23H12F4N4O4S. The Labute approximate surface area is 199 Å². The molecule has 5 aromatic rings. The van der Waals surface area contributed by atoms with E-state index in [0.29, 0.717) is 28.2 Å². The third-order valence-electron chi connectivity index (χ3n) is 5.74. The molecule has 3 aromatic heterocycles. The van der Waals surface area contributed by atoms with E-state index in [0.717, 1.165) is 24.5 Å². The van der Waals surface area contributed by atoms with Gasteiger partial charge < -0.3 is 13.7 Å². The summed E-state index contributed by atoms with van der Waals surface area (Å²) >= 11 is 0. The maximum atomic E-state index is 14.1. The first-order valence-corrected chi connectivity index (χ1v) is 11.4. The van der Waals surface area contributed by atoms with E-state index < -0.39 is 39.0 Å². The van der Waals surface area contributed by atoms with Gasteiger partial charge in [-0.1, -0.05) is 9.95 Å². The van der Waals surface area contributed by atoms with Gasteiger partial charge in [-0.2, -0.15) is 26.9 Å². The first-order chi connectivity index (χ1) is 16.9. The second-order valence-electron chi connectivity index (χ2n) is 7.91. The van der Waals surface area contributed by atoms with Crippen LogP contribution in [0.1, 0.15) is 11.1 Å². The number of rotatable bonds is 3. The highest BCUT2D eigenvalue weighted by atomic mass is 32.3. The van der Waals surface area contributed by atoms with Gasteiger partial charge in [0.2, 0.25) is 0 Å². The van der Waals surface area contributed by atoms with E-state index in [1.165, 1.54) is 16.7 Å². The Morgan fingerprint density at radius 3 is 2.53 bits per heavy atom. The third kappa shape index (κ3) is 3.81. The number of nitrogens with zero attached hydrogens (tertiary/aromatic N) is 3. The molecule has 3 heterocycles. The largest absolute Gasteiger partial charge is 0.488 e. The van der Waals surface area contributed by atoms with Crippen molar-refractivity contribution in [3.05, 3.63) is 70.1 Å². The summed E-state index contributed by atoms with van der Waals surface area (Å²) in [4.78, 5) is 20.1. The van der Waals surface area contributed by atoms with Crippen molar-refractivity contribution >= 4 is 43.3 Å². The van der Waals surface area contributed by atoms with Gasteiger partial charge in [-0.05, 0) is 35.9 Å². The molecule has 0 fully saturated rings. The average Bonchev–Trinajstić information content (AvgIpc) is 3.19. The molecule has 0 bridgehead atoms. The molecule has 0 aliphatic rings. The molecular weight excluding hydrogens is 504 g/mol. The number of H-pyrrole nitrogens is 1. The molecule has 8 nitrogen and oxygen atoms in total. The molecule has 0 aliphatic heterocycles. The lowest BCUT2D eigenvalue weighted by atomic mass is 9.97. The zero-order valence-electron chi connectivity index (χ0n) is 18.0. The SMILES string of the molecule is Cn1c2cc(-c3cncc(OS(=O)(=O)F)c3)c(C(F)(F)F)cc2c(=O)c2c3ccc(C#N)cc3[nH]c21. The molecule has 0 unspecified atom stereocenters. The smallest absolute Gasteiger partial charge is 0.357 e. The van der Waals surface area contributed by atoms with Gasteiger partial charge in [-0.3, -0.25) is 9.78 Å². The minimum Gasteiger partial charge on any atom is -0.357 e. The van der Waals surface area contributed by atoms with E-state index in [4.69, 9.17) is 5.26 Å². The molecule has 2 aromatic carbocycles. The van der Waals surface area contributed by atoms with Gasteiger partial charge in [0.05, 0.1) is 34.3 Å². The predicted octanol–water partition coefficient (Wildman–Crippen LogP) is 4.72. The standard InChI is InChI=1S/C23H12F4N4O4S/c1-31-19-7-15(12-5-13(10-29-9-12)35-36(27,33)34)17(23(24,25)26)6-16(19)21(32)20-14-3-2-11(8-28)4-18(14)30-22(20)31/h2-7,9-10,30H,1H3. The first-order valence-electron chi connectivity index (χ1n) is 10.1. The zero-order chi connectivity index (χ0) is 26.0. The average molecular weight is 516 g/mol. The minimum absolute atomic E-state index is 0.131. The summed E-state index contributed by atoms with van der Waals surface area (Å²) in [6, 6.07) is 9.30. The van der Waals surface area contributed by atoms with E-state index in [-0.39, 0.29) is 21.9 Å². The van der Waals surface area contributed by atoms with Crippen LogP contribution in [0.3, 0.4) is 0 Å². The van der Waals surface area contributed by atoms with E-state index in [1.54, 1.807) is 13.1 Å². The molecule has 36 heavy (non-hydrogen) atoms. The number of alkyl halides is 3. The van der Waals surface area contributed by atoms with E-state index >= 15 is 0 Å². The highest BCUT2D eigenvalue weighted by molar-refractivity contribution is 7.81. The second-order valence-corrected chi connectivity index (χ2v) is 8.86. The Bertz CT molecular complexity index is 1940. The number of aromatic amines is 1. The van der Waals surface area contributed by atoms with Crippen LogP contribution < -0.4 is 9.61 Å². The van der Waals surface area contributed by atoms with E-state index in [1.807, 2.05) is 6.07 Å². The lowest BCUT2D eigenvalue weighted by Crippen LogP contribution is -2.13. The number of benzene rings is 2. The lowest BCUT2D eigenvalue weighted by Gasteiger charge is -2.16. The van der Waals surface area contributed by atoms with Crippen LogP contribution in [-0.2, 0) is 23.7 Å². The number of aromatic nitrogens is 3. The van der Waals surface area contributed by atoms with Crippen LogP contribution in [0, 0.1) is 11.3 Å². The molecule has 0 spiro atoms. The van der Waals surface area contributed by atoms with Crippen molar-refractivity contribution in [2.45, 2.75) is 6.18 Å². The molecule has 0 atom stereocenters. The summed E-state index contributed by atoms with van der Waals surface area (Å²) in [5, 5.41) is 9.56. The topological polar surface area (TPSA) is 118 Å². The minimum atomic E-state index is -5.44. The number of nitrogens with one attached hydrogen (secondary N) is 1. The van der Waals surface area contributed by atoms with Gasteiger partial charge in [0.15, 0.2) is 11.2 Å². The Hall–Kier alpha value is -4.44. The van der Waals surface area contributed by atoms with Crippen LogP contribution in [0.5, 0.6) is 5.75 Å². The summed E-state index contributed by atoms with van der Waals surface area (Å²) in [7, 11) is -3.89. The third-order valence-corrected chi connectivity index (χ3v) is 6.13. The fourth-order valence-electron chi connectivity index (χ4n) is 4.24. The second kappa shape index (κ2) is 7.79. The molecule has 0 saturated heterocycles. The number of pyridine rings is 2. The first kappa shape index (κ1) is 23.3. The predicted molar refractivity (Wildman–Crippen MR) is 122 cm³/mol. The van der Waals surface area contributed by atoms with Gasteiger partial charge in [-0.25, -0.2) is 0 Å². The van der Waals surface area contributed by atoms with Crippen LogP contribution in [0.4, 0.5) is 17.1 Å². The number of aryl methyl sites for hydroxylation is 1. The van der Waals surface area contributed by atoms with E-state index in [9.17, 15) is 30.3 Å². The molecule has 0 amide bonds. The van der Waals surface area contributed by atoms with Crippen molar-refractivity contribution in [3.8, 4) is 22.9 Å². The van der Waals surface area contributed by atoms with Crippen molar-refractivity contribution in [1.29, 1.82) is 5.26 Å². The van der Waals surface area contributed by atoms with Crippen molar-refractivity contribution in [1.82, 2.24) is 14.5 Å². The van der Waals surface area contributed by atoms with Crippen molar-refractivity contribution in [2.24, 2.45) is 7.05 Å². The Morgan fingerprint density at radius 1 is 1.11 bits per heavy atom. The molecule has 0 radical (unpaired) electrons. The Balaban J connectivity index is 1.87. The van der Waals surface area contributed by atoms with Crippen molar-refractivity contribution < 1.29 is 29.7 Å². The van der Waals surface area contributed by atoms with Gasteiger partial charge >= 0.3 is 16.7 Å². The maximum Gasteiger partial charge on any atom is 0.488 e. The maximum absolute atomic E-state index is 14.1. The zero-order valence-corrected chi connectivity index (χ0v) is 18.8. The molecule has 0 saturated carbocycles. The fraction of sp³-hybridized carbons (Fsp3) is 0.0870. The lowest BCUT2D eigenvalue weighted by molar-refractivity contribution is -0.137. The van der Waals surface area contributed by atoms with Crippen LogP contribution in [0.2, 0.25) is 0 Å². The van der Waals surface area contributed by atoms with Gasteiger partial charge in [0.1, 0.15) is 5.65 Å². The van der Waals surface area contributed by atoms with Crippen molar-refractivity contribution in [3.63, 3.8) is 0 Å². The van der Waals surface area contributed by atoms with E-state index in [2.05, 4.69) is 14.2 Å². The molecule has 13 heteroatoms. The molecule has 5 rings (SSSR count). The molecule has 182 valence electrons. The molecule has 0 aliphatic carbocycles. The quantitative estimate of drug-likeness (QED) is 0.274. The highest BCUT2D eigenvalue weighted by Gasteiger charge is 2.35. The van der Waals surface area contributed by atoms with Crippen LogP contribution in [-0.4, -0.2) is 23.0 Å².